The molecule has 20 heavy (non-hydrogen) atoms. The van der Waals surface area contributed by atoms with Crippen molar-refractivity contribution >= 4 is 11.7 Å². The quantitative estimate of drug-likeness (QED) is 0.715. The molecule has 5 nitrogen and oxygen atoms in total. The van der Waals surface area contributed by atoms with Gasteiger partial charge in [0.25, 0.3) is 0 Å². The lowest BCUT2D eigenvalue weighted by molar-refractivity contribution is 0.111. The van der Waals surface area contributed by atoms with Gasteiger partial charge in [-0.15, -0.1) is 0 Å². The number of aliphatic hydroxyl groups is 1. The fraction of sp³-hybridized carbons (Fsp3) is 0.533. The first-order valence-electron chi connectivity index (χ1n) is 7.02. The summed E-state index contributed by atoms with van der Waals surface area (Å²) in [6, 6.07) is 7.01. The van der Waals surface area contributed by atoms with E-state index in [2.05, 4.69) is 10.6 Å². The van der Waals surface area contributed by atoms with Crippen molar-refractivity contribution in [2.24, 2.45) is 5.92 Å². The average molecular weight is 278 g/mol. The Labute approximate surface area is 119 Å². The zero-order valence-electron chi connectivity index (χ0n) is 11.8. The molecule has 1 unspecified atom stereocenters. The predicted molar refractivity (Wildman–Crippen MR) is 77.5 cm³/mol. The van der Waals surface area contributed by atoms with Crippen LogP contribution in [0.15, 0.2) is 24.3 Å². The van der Waals surface area contributed by atoms with Crippen LogP contribution in [-0.4, -0.2) is 30.4 Å². The number of nitrogens with one attached hydrogen (secondary N) is 2. The second kappa shape index (κ2) is 7.26. The first-order valence-corrected chi connectivity index (χ1v) is 7.02. The van der Waals surface area contributed by atoms with E-state index >= 15 is 0 Å². The average Bonchev–Trinajstić information content (AvgIpc) is 3.23. The maximum absolute atomic E-state index is 11.6. The number of benzene rings is 1. The van der Waals surface area contributed by atoms with Crippen LogP contribution in [0, 0.1) is 5.92 Å². The minimum atomic E-state index is -0.317. The number of carbonyl (C=O) groups excluding carboxylic acids is 1. The summed E-state index contributed by atoms with van der Waals surface area (Å²) < 4.78 is 5.62. The second-order valence-corrected chi connectivity index (χ2v) is 5.34. The fourth-order valence-electron chi connectivity index (χ4n) is 1.80. The summed E-state index contributed by atoms with van der Waals surface area (Å²) in [7, 11) is 0. The molecular formula is C15H22N2O3. The van der Waals surface area contributed by atoms with Crippen molar-refractivity contribution in [3.63, 3.8) is 0 Å². The Morgan fingerprint density at radius 1 is 1.50 bits per heavy atom. The zero-order chi connectivity index (χ0) is 14.4. The van der Waals surface area contributed by atoms with Gasteiger partial charge in [-0.3, -0.25) is 0 Å². The molecule has 0 heterocycles. The molecule has 0 saturated heterocycles. The summed E-state index contributed by atoms with van der Waals surface area (Å²) in [5.74, 6) is 0.752. The van der Waals surface area contributed by atoms with E-state index in [4.69, 9.17) is 9.84 Å². The molecule has 0 radical (unpaired) electrons. The predicted octanol–water partition coefficient (Wildman–Crippen LogP) is 2.12. The van der Waals surface area contributed by atoms with Crippen LogP contribution in [0.2, 0.25) is 0 Å². The third kappa shape index (κ3) is 5.19. The molecule has 1 atom stereocenters. The number of aliphatic hydroxyl groups excluding tert-OH is 1. The number of anilines is 1. The summed E-state index contributed by atoms with van der Waals surface area (Å²) in [4.78, 5) is 11.6. The molecule has 0 aliphatic heterocycles. The van der Waals surface area contributed by atoms with Crippen molar-refractivity contribution in [1.29, 1.82) is 0 Å². The van der Waals surface area contributed by atoms with Gasteiger partial charge in [0, 0.05) is 12.3 Å². The van der Waals surface area contributed by atoms with Gasteiger partial charge in [-0.25, -0.2) is 4.79 Å². The number of urea groups is 1. The summed E-state index contributed by atoms with van der Waals surface area (Å²) in [5, 5.41) is 14.3. The Balaban J connectivity index is 1.79. The number of ether oxygens (including phenoxy) is 1. The maximum Gasteiger partial charge on any atom is 0.319 e. The largest absolute Gasteiger partial charge is 0.394 e. The molecule has 1 aromatic rings. The summed E-state index contributed by atoms with van der Waals surface area (Å²) in [5.41, 5.74) is 1.76. The van der Waals surface area contributed by atoms with Crippen LogP contribution < -0.4 is 10.6 Å². The molecule has 0 bridgehead atoms. The van der Waals surface area contributed by atoms with Crippen LogP contribution in [0.3, 0.4) is 0 Å². The summed E-state index contributed by atoms with van der Waals surface area (Å²) >= 11 is 0. The number of rotatable bonds is 7. The van der Waals surface area contributed by atoms with Crippen molar-refractivity contribution in [2.75, 3.05) is 18.5 Å². The van der Waals surface area contributed by atoms with Gasteiger partial charge in [0.1, 0.15) is 0 Å². The highest BCUT2D eigenvalue weighted by atomic mass is 16.5. The highest BCUT2D eigenvalue weighted by Crippen LogP contribution is 2.29. The third-order valence-electron chi connectivity index (χ3n) is 3.16. The molecule has 1 aliphatic carbocycles. The van der Waals surface area contributed by atoms with Gasteiger partial charge >= 0.3 is 6.03 Å². The number of carbonyl (C=O) groups is 1. The van der Waals surface area contributed by atoms with Gasteiger partial charge in [0.05, 0.1) is 19.3 Å². The van der Waals surface area contributed by atoms with Gasteiger partial charge in [0.15, 0.2) is 0 Å². The van der Waals surface area contributed by atoms with Crippen LogP contribution in [0.1, 0.15) is 25.3 Å². The van der Waals surface area contributed by atoms with Crippen molar-refractivity contribution in [1.82, 2.24) is 5.32 Å². The van der Waals surface area contributed by atoms with E-state index in [9.17, 15) is 4.79 Å². The van der Waals surface area contributed by atoms with E-state index in [0.29, 0.717) is 6.61 Å². The number of hydrogen-bond donors (Lipinski definition) is 3. The minimum absolute atomic E-state index is 0.0809. The molecule has 1 aromatic carbocycles. The van der Waals surface area contributed by atoms with Gasteiger partial charge in [0.2, 0.25) is 0 Å². The van der Waals surface area contributed by atoms with Crippen LogP contribution in [0.5, 0.6) is 0 Å². The van der Waals surface area contributed by atoms with E-state index in [1.807, 2.05) is 24.3 Å². The van der Waals surface area contributed by atoms with E-state index in [0.717, 1.165) is 23.8 Å². The van der Waals surface area contributed by atoms with E-state index in [-0.39, 0.29) is 18.7 Å². The molecule has 0 spiro atoms. The standard InChI is InChI=1S/C15H22N2O3/c1-11(8-18)16-15(19)17-14-4-2-3-13(7-14)10-20-9-12-5-6-12/h2-4,7,11-12,18H,5-6,8-10H2,1H3,(H2,16,17,19). The molecule has 3 N–H and O–H groups in total. The Morgan fingerprint density at radius 2 is 2.30 bits per heavy atom. The second-order valence-electron chi connectivity index (χ2n) is 5.34. The van der Waals surface area contributed by atoms with Crippen molar-refractivity contribution in [3.05, 3.63) is 29.8 Å². The molecule has 1 fully saturated rings. The molecule has 0 aromatic heterocycles. The van der Waals surface area contributed by atoms with Gasteiger partial charge in [-0.2, -0.15) is 0 Å². The van der Waals surface area contributed by atoms with Crippen molar-refractivity contribution in [3.8, 4) is 0 Å². The molecule has 1 aliphatic rings. The van der Waals surface area contributed by atoms with E-state index in [1.54, 1.807) is 6.92 Å². The monoisotopic (exact) mass is 278 g/mol. The smallest absolute Gasteiger partial charge is 0.319 e. The first kappa shape index (κ1) is 14.8. The molecule has 110 valence electrons. The Bertz CT molecular complexity index is 446. The number of hydrogen-bond acceptors (Lipinski definition) is 3. The van der Waals surface area contributed by atoms with Crippen molar-refractivity contribution in [2.45, 2.75) is 32.4 Å². The lowest BCUT2D eigenvalue weighted by Gasteiger charge is -2.12. The highest BCUT2D eigenvalue weighted by Gasteiger charge is 2.21. The normalized spacial score (nSPS) is 15.7. The number of amides is 2. The van der Waals surface area contributed by atoms with Gasteiger partial charge in [-0.1, -0.05) is 12.1 Å². The SMILES string of the molecule is CC(CO)NC(=O)Nc1cccc(COCC2CC2)c1. The van der Waals surface area contributed by atoms with E-state index < -0.39 is 0 Å². The summed E-state index contributed by atoms with van der Waals surface area (Å²) in [6.07, 6.45) is 2.57. The summed E-state index contributed by atoms with van der Waals surface area (Å²) in [6.45, 7) is 3.05. The molecule has 5 heteroatoms. The van der Waals surface area contributed by atoms with Gasteiger partial charge < -0.3 is 20.5 Å². The topological polar surface area (TPSA) is 70.6 Å². The molecular weight excluding hydrogens is 256 g/mol. The third-order valence-corrected chi connectivity index (χ3v) is 3.16. The fourth-order valence-corrected chi connectivity index (χ4v) is 1.80. The lowest BCUT2D eigenvalue weighted by atomic mass is 10.2. The lowest BCUT2D eigenvalue weighted by Crippen LogP contribution is -2.38. The highest BCUT2D eigenvalue weighted by molar-refractivity contribution is 5.89. The maximum atomic E-state index is 11.6. The van der Waals surface area contributed by atoms with Crippen molar-refractivity contribution < 1.29 is 14.6 Å². The van der Waals surface area contributed by atoms with Crippen LogP contribution in [0.4, 0.5) is 10.5 Å². The molecule has 2 amide bonds. The Morgan fingerprint density at radius 3 is 3.00 bits per heavy atom. The van der Waals surface area contributed by atoms with Crippen LogP contribution in [-0.2, 0) is 11.3 Å². The molecule has 1 saturated carbocycles. The molecule has 2 rings (SSSR count). The van der Waals surface area contributed by atoms with Crippen LogP contribution >= 0.6 is 0 Å². The first-order chi connectivity index (χ1) is 9.67. The zero-order valence-corrected chi connectivity index (χ0v) is 11.8. The Kier molecular flexibility index (Phi) is 5.38. The minimum Gasteiger partial charge on any atom is -0.394 e. The van der Waals surface area contributed by atoms with Crippen LogP contribution in [0.25, 0.3) is 0 Å². The van der Waals surface area contributed by atoms with Gasteiger partial charge in [-0.05, 0) is 43.4 Å². The van der Waals surface area contributed by atoms with E-state index in [1.165, 1.54) is 12.8 Å². The Hall–Kier alpha value is -1.59.